The minimum Gasteiger partial charge on any atom is -0.480 e. The Labute approximate surface area is 188 Å². The van der Waals surface area contributed by atoms with Gasteiger partial charge in [-0.2, -0.15) is 0 Å². The van der Waals surface area contributed by atoms with Crippen LogP contribution in [0.4, 0.5) is 5.69 Å². The monoisotopic (exact) mass is 441 g/mol. The lowest BCUT2D eigenvalue weighted by Crippen LogP contribution is -2.45. The van der Waals surface area contributed by atoms with E-state index in [4.69, 9.17) is 35.7 Å². The molecule has 2 aliphatic heterocycles. The highest BCUT2D eigenvalue weighted by atomic mass is 16.5. The minimum absolute atomic E-state index is 0.0669. The van der Waals surface area contributed by atoms with Gasteiger partial charge in [0.05, 0.1) is 36.6 Å². The molecule has 1 aromatic carbocycles. The molecule has 0 aliphatic carbocycles. The average molecular weight is 441 g/mol. The van der Waals surface area contributed by atoms with Crippen molar-refractivity contribution >= 4 is 22.7 Å². The molecule has 2 unspecified atom stereocenters. The lowest BCUT2D eigenvalue weighted by atomic mass is 9.70. The van der Waals surface area contributed by atoms with Crippen LogP contribution in [0.25, 0.3) is 11.0 Å². The molecule has 0 bridgehead atoms. The molecule has 0 amide bonds. The molecule has 33 heavy (non-hydrogen) atoms. The lowest BCUT2D eigenvalue weighted by Gasteiger charge is -2.44. The maximum Gasteiger partial charge on any atom is 0.283 e. The second-order valence-corrected chi connectivity index (χ2v) is 7.79. The Morgan fingerprint density at radius 2 is 1.94 bits per heavy atom. The number of ether oxygens (including phenoxy) is 3. The van der Waals surface area contributed by atoms with Crippen molar-refractivity contribution in [2.24, 2.45) is 10.7 Å². The molecule has 164 valence electrons. The van der Waals surface area contributed by atoms with Crippen LogP contribution in [0.5, 0.6) is 17.4 Å². The van der Waals surface area contributed by atoms with E-state index in [9.17, 15) is 0 Å². The minimum atomic E-state index is -1.02. The number of anilines is 1. The Morgan fingerprint density at radius 1 is 1.03 bits per heavy atom. The van der Waals surface area contributed by atoms with Crippen LogP contribution in [0.3, 0.4) is 0 Å². The predicted molar refractivity (Wildman–Crippen MR) is 120 cm³/mol. The summed E-state index contributed by atoms with van der Waals surface area (Å²) in [4.78, 5) is 23.0. The number of nitrogens with two attached hydrogens (primary N) is 2. The molecule has 4 N–H and O–H groups in total. The summed E-state index contributed by atoms with van der Waals surface area (Å²) in [5.41, 5.74) is 15.4. The van der Waals surface area contributed by atoms with Gasteiger partial charge in [0.25, 0.3) is 6.02 Å². The van der Waals surface area contributed by atoms with Gasteiger partial charge in [0.1, 0.15) is 23.4 Å². The maximum absolute atomic E-state index is 6.20. The highest BCUT2D eigenvalue weighted by Crippen LogP contribution is 2.57. The van der Waals surface area contributed by atoms with Gasteiger partial charge in [-0.3, -0.25) is 9.97 Å². The average Bonchev–Trinajstić information content (AvgIpc) is 2.84. The zero-order valence-corrected chi connectivity index (χ0v) is 17.6. The number of benzene rings is 1. The van der Waals surface area contributed by atoms with E-state index in [-0.39, 0.29) is 12.6 Å². The van der Waals surface area contributed by atoms with Crippen molar-refractivity contribution in [1.29, 1.82) is 0 Å². The molecule has 6 rings (SSSR count). The number of fused-ring (bicyclic) bond motifs is 5. The van der Waals surface area contributed by atoms with Crippen molar-refractivity contribution < 1.29 is 14.2 Å². The number of amidine groups is 1. The topological polar surface area (TPSA) is 144 Å². The van der Waals surface area contributed by atoms with Crippen LogP contribution in [0.1, 0.15) is 22.7 Å². The van der Waals surface area contributed by atoms with Crippen molar-refractivity contribution in [2.45, 2.75) is 11.5 Å². The van der Waals surface area contributed by atoms with Gasteiger partial charge in [0.2, 0.25) is 5.88 Å². The lowest BCUT2D eigenvalue weighted by molar-refractivity contribution is 0.185. The van der Waals surface area contributed by atoms with Gasteiger partial charge in [-0.05, 0) is 30.3 Å². The first-order valence-electron chi connectivity index (χ1n) is 10.3. The summed E-state index contributed by atoms with van der Waals surface area (Å²) in [5, 5.41) is 0. The third kappa shape index (κ3) is 2.77. The Bertz CT molecular complexity index is 1440. The van der Waals surface area contributed by atoms with Gasteiger partial charge >= 0.3 is 0 Å². The number of aliphatic imine (C=N–C) groups is 1. The van der Waals surface area contributed by atoms with Crippen LogP contribution >= 0.6 is 0 Å². The third-order valence-corrected chi connectivity index (χ3v) is 6.02. The summed E-state index contributed by atoms with van der Waals surface area (Å²) < 4.78 is 17.2. The van der Waals surface area contributed by atoms with Gasteiger partial charge in [-0.1, -0.05) is 0 Å². The maximum atomic E-state index is 6.20. The summed E-state index contributed by atoms with van der Waals surface area (Å²) in [5.74, 6) is 1.19. The number of pyridine rings is 2. The quantitative estimate of drug-likeness (QED) is 0.448. The van der Waals surface area contributed by atoms with Crippen LogP contribution in [0.15, 0.2) is 60.1 Å². The molecule has 10 heteroatoms. The summed E-state index contributed by atoms with van der Waals surface area (Å²) >= 11 is 0. The Kier molecular flexibility index (Phi) is 4.09. The number of aromatic nitrogens is 4. The first-order valence-corrected chi connectivity index (χ1v) is 10.3. The van der Waals surface area contributed by atoms with Crippen LogP contribution in [-0.4, -0.2) is 39.7 Å². The van der Waals surface area contributed by atoms with Crippen LogP contribution < -0.4 is 20.9 Å². The largest absolute Gasteiger partial charge is 0.480 e. The smallest absolute Gasteiger partial charge is 0.283 e. The van der Waals surface area contributed by atoms with E-state index in [1.54, 1.807) is 44.0 Å². The SMILES string of the molecule is COc1cnc2c(C3COC(N)=NC34c3ccncc3Oc3ccc(N)cc34)nccc2n1. The normalized spacial score (nSPS) is 20.9. The van der Waals surface area contributed by atoms with Crippen LogP contribution in [0.2, 0.25) is 0 Å². The van der Waals surface area contributed by atoms with E-state index in [2.05, 4.69) is 15.0 Å². The second kappa shape index (κ2) is 7.02. The third-order valence-electron chi connectivity index (χ3n) is 6.02. The molecule has 10 nitrogen and oxygen atoms in total. The fourth-order valence-corrected chi connectivity index (χ4v) is 4.62. The van der Waals surface area contributed by atoms with Gasteiger partial charge < -0.3 is 25.7 Å². The standard InChI is InChI=1S/C23H19N7O3/c1-31-19-10-28-21-16(29-19)5-7-27-20(21)15-11-32-22(25)30-23(15)13-4-6-26-9-18(13)33-17-3-2-12(24)8-14(17)23/h2-10,15H,11,24H2,1H3,(H2,25,30). The fourth-order valence-electron chi connectivity index (χ4n) is 4.62. The molecule has 0 fully saturated rings. The van der Waals surface area contributed by atoms with E-state index < -0.39 is 11.5 Å². The van der Waals surface area contributed by atoms with Gasteiger partial charge in [0.15, 0.2) is 5.75 Å². The highest BCUT2D eigenvalue weighted by Gasteiger charge is 2.53. The summed E-state index contributed by atoms with van der Waals surface area (Å²) in [6, 6.07) is 9.18. The molecule has 0 saturated carbocycles. The van der Waals surface area contributed by atoms with Crippen molar-refractivity contribution in [2.75, 3.05) is 19.5 Å². The molecular weight excluding hydrogens is 422 g/mol. The van der Waals surface area contributed by atoms with E-state index >= 15 is 0 Å². The number of nitrogens with zero attached hydrogens (tertiary/aromatic N) is 5. The number of methoxy groups -OCH3 is 1. The predicted octanol–water partition coefficient (Wildman–Crippen LogP) is 2.49. The molecular formula is C23H19N7O3. The highest BCUT2D eigenvalue weighted by molar-refractivity contribution is 5.80. The number of hydrogen-bond acceptors (Lipinski definition) is 10. The number of rotatable bonds is 2. The zero-order valence-electron chi connectivity index (χ0n) is 17.6. The van der Waals surface area contributed by atoms with E-state index in [0.29, 0.717) is 39.8 Å². The van der Waals surface area contributed by atoms with E-state index in [1.165, 1.54) is 0 Å². The zero-order chi connectivity index (χ0) is 22.6. The van der Waals surface area contributed by atoms with Crippen molar-refractivity contribution in [3.63, 3.8) is 0 Å². The Balaban J connectivity index is 1.69. The summed E-state index contributed by atoms with van der Waals surface area (Å²) in [6.07, 6.45) is 6.61. The molecule has 3 aromatic heterocycles. The van der Waals surface area contributed by atoms with Crippen LogP contribution in [-0.2, 0) is 10.3 Å². The van der Waals surface area contributed by atoms with Crippen molar-refractivity contribution in [3.05, 3.63) is 71.9 Å². The summed E-state index contributed by atoms with van der Waals surface area (Å²) in [7, 11) is 1.55. The van der Waals surface area contributed by atoms with E-state index in [0.717, 1.165) is 11.1 Å². The van der Waals surface area contributed by atoms with Crippen LogP contribution in [0, 0.1) is 0 Å². The molecule has 1 spiro atoms. The van der Waals surface area contributed by atoms with Gasteiger partial charge in [0, 0.05) is 29.2 Å². The second-order valence-electron chi connectivity index (χ2n) is 7.79. The summed E-state index contributed by atoms with van der Waals surface area (Å²) in [6.45, 7) is 0.213. The molecule has 0 radical (unpaired) electrons. The Morgan fingerprint density at radius 3 is 2.82 bits per heavy atom. The molecule has 0 saturated heterocycles. The Hall–Kier alpha value is -4.47. The first-order chi connectivity index (χ1) is 16.1. The van der Waals surface area contributed by atoms with E-state index in [1.807, 2.05) is 18.2 Å². The van der Waals surface area contributed by atoms with Crippen molar-refractivity contribution in [1.82, 2.24) is 19.9 Å². The van der Waals surface area contributed by atoms with Gasteiger partial charge in [-0.15, -0.1) is 0 Å². The number of nitrogen functional groups attached to an aromatic ring is 1. The van der Waals surface area contributed by atoms with Crippen molar-refractivity contribution in [3.8, 4) is 17.4 Å². The van der Waals surface area contributed by atoms with Gasteiger partial charge in [-0.25, -0.2) is 15.0 Å². The fraction of sp³-hybridized carbons (Fsp3) is 0.174. The molecule has 4 aromatic rings. The first kappa shape index (κ1) is 19.2. The number of hydrogen-bond donors (Lipinski definition) is 2. The molecule has 2 aliphatic rings. The molecule has 5 heterocycles. The molecule has 2 atom stereocenters.